The van der Waals surface area contributed by atoms with Gasteiger partial charge in [-0.05, 0) is 39.2 Å². The Morgan fingerprint density at radius 3 is 2.35 bits per heavy atom. The number of benzene rings is 2. The molecule has 1 amide bonds. The van der Waals surface area contributed by atoms with E-state index in [-0.39, 0.29) is 22.1 Å². The highest BCUT2D eigenvalue weighted by Crippen LogP contribution is 2.39. The minimum atomic E-state index is -0.523. The predicted molar refractivity (Wildman–Crippen MR) is 117 cm³/mol. The minimum absolute atomic E-state index is 0. The average Bonchev–Trinajstić information content (AvgIpc) is 2.79. The number of anilines is 1. The van der Waals surface area contributed by atoms with Gasteiger partial charge < -0.3 is 5.73 Å². The Morgan fingerprint density at radius 1 is 1.12 bits per heavy atom. The summed E-state index contributed by atoms with van der Waals surface area (Å²) in [6.45, 7) is 0.317. The summed E-state index contributed by atoms with van der Waals surface area (Å²) in [5, 5.41) is 7.32. The first-order valence-corrected chi connectivity index (χ1v) is 9.84. The number of nitrogens with one attached hydrogen (secondary N) is 1. The molecule has 0 fully saturated rings. The Labute approximate surface area is 182 Å². The number of nitrogens with two attached hydrogens (primary N) is 1. The van der Waals surface area contributed by atoms with E-state index < -0.39 is 11.7 Å². The number of Topliss-reactive ketones (excluding diaryl/α,β-unsaturated/α-hetero) is 1. The van der Waals surface area contributed by atoms with Gasteiger partial charge in [-0.2, -0.15) is 0 Å². The average molecular weight is 564 g/mol. The molecule has 1 aliphatic heterocycles. The number of fused-ring (bicyclic) bond motifs is 1. The van der Waals surface area contributed by atoms with Gasteiger partial charge in [-0.3, -0.25) is 19.9 Å². The van der Waals surface area contributed by atoms with Gasteiger partial charge >= 0.3 is 0 Å². The third kappa shape index (κ3) is 4.39. The standard InChI is InChI=1S/C17H13Br2N3O2S.BrH/c18-11-5-12-14(13(19)6-11)22(16(24)15(12)23)7-9-1-3-10(4-2-9)8-25-17(20)21;/h1-6H,7-8H2,(H3,20,21);1H. The molecule has 136 valence electrons. The fourth-order valence-electron chi connectivity index (χ4n) is 2.59. The van der Waals surface area contributed by atoms with E-state index in [1.54, 1.807) is 6.07 Å². The van der Waals surface area contributed by atoms with Gasteiger partial charge in [0.2, 0.25) is 0 Å². The van der Waals surface area contributed by atoms with Gasteiger partial charge in [-0.25, -0.2) is 0 Å². The number of hydrogen-bond acceptors (Lipinski definition) is 4. The number of thioether (sulfide) groups is 1. The van der Waals surface area contributed by atoms with Gasteiger partial charge in [0.25, 0.3) is 11.7 Å². The molecule has 0 radical (unpaired) electrons. The van der Waals surface area contributed by atoms with Crippen LogP contribution in [-0.4, -0.2) is 16.9 Å². The normalized spacial score (nSPS) is 12.8. The van der Waals surface area contributed by atoms with Crippen molar-refractivity contribution in [2.45, 2.75) is 12.3 Å². The summed E-state index contributed by atoms with van der Waals surface area (Å²) in [5.74, 6) is -0.393. The monoisotopic (exact) mass is 561 g/mol. The number of carbonyl (C=O) groups excluding carboxylic acids is 2. The number of hydrogen-bond donors (Lipinski definition) is 2. The zero-order valence-corrected chi connectivity index (χ0v) is 19.0. The molecule has 0 spiro atoms. The van der Waals surface area contributed by atoms with E-state index in [0.717, 1.165) is 15.6 Å². The largest absolute Gasteiger partial charge is 0.379 e. The maximum absolute atomic E-state index is 12.4. The number of amides is 1. The first kappa shape index (κ1) is 21.1. The summed E-state index contributed by atoms with van der Waals surface area (Å²) in [6, 6.07) is 11.2. The molecule has 2 aromatic rings. The van der Waals surface area contributed by atoms with Crippen LogP contribution in [0, 0.1) is 5.41 Å². The highest BCUT2D eigenvalue weighted by Gasteiger charge is 2.37. The fraction of sp³-hybridized carbons (Fsp3) is 0.118. The molecule has 1 aliphatic rings. The van der Waals surface area contributed by atoms with Crippen molar-refractivity contribution in [2.75, 3.05) is 4.90 Å². The SMILES string of the molecule is Br.N=C(N)SCc1ccc(CN2C(=O)C(=O)c3cc(Br)cc(Br)c32)cc1. The molecule has 0 saturated heterocycles. The highest BCUT2D eigenvalue weighted by atomic mass is 79.9. The molecule has 1 heterocycles. The number of carbonyl (C=O) groups is 2. The topological polar surface area (TPSA) is 87.2 Å². The summed E-state index contributed by atoms with van der Waals surface area (Å²) in [6.07, 6.45) is 0. The van der Waals surface area contributed by atoms with Crippen molar-refractivity contribution < 1.29 is 9.59 Å². The lowest BCUT2D eigenvalue weighted by Gasteiger charge is -2.18. The summed E-state index contributed by atoms with van der Waals surface area (Å²) >= 11 is 8.05. The summed E-state index contributed by atoms with van der Waals surface area (Å²) in [7, 11) is 0. The first-order chi connectivity index (χ1) is 11.9. The molecule has 0 unspecified atom stereocenters. The second kappa shape index (κ2) is 8.69. The molecule has 0 aromatic heterocycles. The van der Waals surface area contributed by atoms with Crippen molar-refractivity contribution in [1.82, 2.24) is 0 Å². The Balaban J connectivity index is 0.00000243. The van der Waals surface area contributed by atoms with Crippen molar-refractivity contribution >= 4 is 83.1 Å². The second-order valence-corrected chi connectivity index (χ2v) is 8.26. The zero-order valence-electron chi connectivity index (χ0n) is 13.3. The fourth-order valence-corrected chi connectivity index (χ4v) is 4.54. The predicted octanol–water partition coefficient (Wildman–Crippen LogP) is 4.65. The van der Waals surface area contributed by atoms with Crippen LogP contribution in [0.3, 0.4) is 0 Å². The molecular formula is C17H14Br3N3O2S. The molecule has 2 aromatic carbocycles. The molecule has 3 rings (SSSR count). The molecule has 9 heteroatoms. The Kier molecular flexibility index (Phi) is 7.06. The van der Waals surface area contributed by atoms with Gasteiger partial charge in [0, 0.05) is 14.7 Å². The summed E-state index contributed by atoms with van der Waals surface area (Å²) in [5.41, 5.74) is 8.31. The molecule has 5 nitrogen and oxygen atoms in total. The number of rotatable bonds is 4. The molecule has 3 N–H and O–H groups in total. The van der Waals surface area contributed by atoms with Crippen LogP contribution < -0.4 is 10.6 Å². The summed E-state index contributed by atoms with van der Waals surface area (Å²) < 4.78 is 1.44. The third-order valence-corrected chi connectivity index (χ3v) is 5.59. The minimum Gasteiger partial charge on any atom is -0.379 e. The number of halogens is 3. The molecule has 0 aliphatic carbocycles. The van der Waals surface area contributed by atoms with Crippen LogP contribution in [0.4, 0.5) is 5.69 Å². The van der Waals surface area contributed by atoms with Gasteiger partial charge in [0.1, 0.15) is 0 Å². The molecule has 0 atom stereocenters. The van der Waals surface area contributed by atoms with Gasteiger partial charge in [-0.15, -0.1) is 17.0 Å². The van der Waals surface area contributed by atoms with E-state index >= 15 is 0 Å². The van der Waals surface area contributed by atoms with Crippen LogP contribution in [0.15, 0.2) is 45.3 Å². The number of amidine groups is 1. The van der Waals surface area contributed by atoms with Crippen LogP contribution >= 0.6 is 60.6 Å². The lowest BCUT2D eigenvalue weighted by atomic mass is 10.1. The van der Waals surface area contributed by atoms with Crippen molar-refractivity contribution in [3.8, 4) is 0 Å². The molecular weight excluding hydrogens is 550 g/mol. The first-order valence-electron chi connectivity index (χ1n) is 7.26. The Morgan fingerprint density at radius 2 is 1.73 bits per heavy atom. The lowest BCUT2D eigenvalue weighted by molar-refractivity contribution is -0.114. The smallest absolute Gasteiger partial charge is 0.299 e. The van der Waals surface area contributed by atoms with Gasteiger partial charge in [-0.1, -0.05) is 52.0 Å². The van der Waals surface area contributed by atoms with Crippen molar-refractivity contribution in [1.29, 1.82) is 5.41 Å². The van der Waals surface area contributed by atoms with E-state index in [1.807, 2.05) is 30.3 Å². The quantitative estimate of drug-likeness (QED) is 0.322. The van der Waals surface area contributed by atoms with Gasteiger partial charge in [0.15, 0.2) is 5.17 Å². The zero-order chi connectivity index (χ0) is 18.1. The van der Waals surface area contributed by atoms with E-state index in [9.17, 15) is 9.59 Å². The van der Waals surface area contributed by atoms with E-state index in [2.05, 4.69) is 31.9 Å². The highest BCUT2D eigenvalue weighted by molar-refractivity contribution is 9.11. The van der Waals surface area contributed by atoms with Crippen molar-refractivity contribution in [3.63, 3.8) is 0 Å². The van der Waals surface area contributed by atoms with E-state index in [4.69, 9.17) is 11.1 Å². The number of nitrogens with zero attached hydrogens (tertiary/aromatic N) is 1. The molecule has 0 bridgehead atoms. The van der Waals surface area contributed by atoms with Gasteiger partial charge in [0.05, 0.1) is 17.8 Å². The maximum atomic E-state index is 12.4. The van der Waals surface area contributed by atoms with Crippen LogP contribution in [0.5, 0.6) is 0 Å². The second-order valence-electron chi connectivity index (χ2n) is 5.47. The number of ketones is 1. The third-order valence-electron chi connectivity index (χ3n) is 3.74. The maximum Gasteiger partial charge on any atom is 0.299 e. The Bertz CT molecular complexity index is 888. The lowest BCUT2D eigenvalue weighted by Crippen LogP contribution is -2.29. The van der Waals surface area contributed by atoms with Crippen molar-refractivity contribution in [3.05, 3.63) is 62.0 Å². The van der Waals surface area contributed by atoms with Crippen LogP contribution in [0.25, 0.3) is 0 Å². The molecule has 26 heavy (non-hydrogen) atoms. The van der Waals surface area contributed by atoms with Crippen LogP contribution in [0.1, 0.15) is 21.5 Å². The van der Waals surface area contributed by atoms with E-state index in [0.29, 0.717) is 28.0 Å². The van der Waals surface area contributed by atoms with Crippen LogP contribution in [-0.2, 0) is 17.1 Å². The van der Waals surface area contributed by atoms with Crippen molar-refractivity contribution in [2.24, 2.45) is 5.73 Å². The van der Waals surface area contributed by atoms with Crippen LogP contribution in [0.2, 0.25) is 0 Å². The van der Waals surface area contributed by atoms with E-state index in [1.165, 1.54) is 16.7 Å². The Hall–Kier alpha value is -1.16. The molecule has 0 saturated carbocycles. The summed E-state index contributed by atoms with van der Waals surface area (Å²) in [4.78, 5) is 26.1.